The van der Waals surface area contributed by atoms with Gasteiger partial charge in [-0.1, -0.05) is 31.4 Å². The molecule has 1 heterocycles. The Morgan fingerprint density at radius 2 is 1.95 bits per heavy atom. The summed E-state index contributed by atoms with van der Waals surface area (Å²) in [6, 6.07) is 0. The second-order valence-corrected chi connectivity index (χ2v) is 5.57. The number of unbranched alkanes of at least 4 members (excludes halogenated alkanes) is 5. The summed E-state index contributed by atoms with van der Waals surface area (Å²) in [5.74, 6) is 0. The SMILES string of the molecule is C/C=C/CCCCCCCO[C@@H]1CO[C@H]([C@@H](O)CO)[C@@H]1O. The monoisotopic (exact) mass is 302 g/mol. The van der Waals surface area contributed by atoms with E-state index in [1.807, 2.05) is 6.92 Å². The number of ether oxygens (including phenoxy) is 2. The van der Waals surface area contributed by atoms with Crippen LogP contribution in [0, 0.1) is 0 Å². The first-order chi connectivity index (χ1) is 10.2. The molecule has 0 radical (unpaired) electrons. The number of hydrogen-bond acceptors (Lipinski definition) is 5. The zero-order chi connectivity index (χ0) is 15.5. The van der Waals surface area contributed by atoms with Gasteiger partial charge < -0.3 is 24.8 Å². The van der Waals surface area contributed by atoms with Crippen LogP contribution in [-0.4, -0.2) is 59.6 Å². The standard InChI is InChI=1S/C16H30O5/c1-2-3-4-5-6-7-8-9-10-20-14-12-21-16(15(14)19)13(18)11-17/h2-3,13-19H,4-12H2,1H3/b3-2+/t13-,14+,15+,16+/m0/s1. The van der Waals surface area contributed by atoms with Crippen LogP contribution in [0.5, 0.6) is 0 Å². The van der Waals surface area contributed by atoms with Crippen LogP contribution in [0.15, 0.2) is 12.2 Å². The molecule has 0 aliphatic carbocycles. The Labute approximate surface area is 127 Å². The van der Waals surface area contributed by atoms with Gasteiger partial charge in [-0.05, 0) is 26.2 Å². The Balaban J connectivity index is 2.01. The van der Waals surface area contributed by atoms with Gasteiger partial charge >= 0.3 is 0 Å². The fraction of sp³-hybridized carbons (Fsp3) is 0.875. The highest BCUT2D eigenvalue weighted by Crippen LogP contribution is 2.20. The first kappa shape index (κ1) is 18.6. The van der Waals surface area contributed by atoms with Crippen LogP contribution in [-0.2, 0) is 9.47 Å². The molecule has 0 saturated carbocycles. The third-order valence-corrected chi connectivity index (χ3v) is 3.82. The normalized spacial score (nSPS) is 27.5. The molecule has 3 N–H and O–H groups in total. The maximum atomic E-state index is 9.95. The number of aliphatic hydroxyl groups is 3. The van der Waals surface area contributed by atoms with Crippen molar-refractivity contribution in [3.8, 4) is 0 Å². The Kier molecular flexibility index (Phi) is 9.87. The molecule has 0 aromatic carbocycles. The first-order valence-corrected chi connectivity index (χ1v) is 8.02. The smallest absolute Gasteiger partial charge is 0.114 e. The highest BCUT2D eigenvalue weighted by atomic mass is 16.6. The summed E-state index contributed by atoms with van der Waals surface area (Å²) in [6.07, 6.45) is 8.17. The third-order valence-electron chi connectivity index (χ3n) is 3.82. The molecule has 1 aliphatic heterocycles. The largest absolute Gasteiger partial charge is 0.394 e. The Hall–Kier alpha value is -0.460. The van der Waals surface area contributed by atoms with E-state index in [-0.39, 0.29) is 6.61 Å². The minimum atomic E-state index is -1.05. The maximum absolute atomic E-state index is 9.95. The summed E-state index contributed by atoms with van der Waals surface area (Å²) in [6.45, 7) is 2.50. The van der Waals surface area contributed by atoms with Crippen molar-refractivity contribution in [1.29, 1.82) is 0 Å². The van der Waals surface area contributed by atoms with E-state index in [0.29, 0.717) is 6.61 Å². The Morgan fingerprint density at radius 3 is 2.67 bits per heavy atom. The van der Waals surface area contributed by atoms with Gasteiger partial charge in [0.05, 0.1) is 13.2 Å². The molecule has 1 saturated heterocycles. The molecule has 1 aliphatic rings. The number of allylic oxidation sites excluding steroid dienone is 2. The molecule has 5 nitrogen and oxygen atoms in total. The fourth-order valence-electron chi connectivity index (χ4n) is 2.50. The van der Waals surface area contributed by atoms with Crippen molar-refractivity contribution in [3.05, 3.63) is 12.2 Å². The van der Waals surface area contributed by atoms with Crippen molar-refractivity contribution in [2.24, 2.45) is 0 Å². The second-order valence-electron chi connectivity index (χ2n) is 5.57. The summed E-state index contributed by atoms with van der Waals surface area (Å²) in [5.41, 5.74) is 0. The minimum Gasteiger partial charge on any atom is -0.394 e. The van der Waals surface area contributed by atoms with Gasteiger partial charge in [-0.15, -0.1) is 0 Å². The van der Waals surface area contributed by atoms with Crippen LogP contribution in [0.4, 0.5) is 0 Å². The summed E-state index contributed by atoms with van der Waals surface area (Å²) >= 11 is 0. The molecule has 0 unspecified atom stereocenters. The van der Waals surface area contributed by atoms with E-state index in [9.17, 15) is 10.2 Å². The summed E-state index contributed by atoms with van der Waals surface area (Å²) in [7, 11) is 0. The highest BCUT2D eigenvalue weighted by Gasteiger charge is 2.40. The van der Waals surface area contributed by atoms with E-state index in [1.165, 1.54) is 19.3 Å². The average Bonchev–Trinajstić information content (AvgIpc) is 2.86. The molecule has 124 valence electrons. The number of rotatable bonds is 11. The van der Waals surface area contributed by atoms with Crippen molar-refractivity contribution in [2.75, 3.05) is 19.8 Å². The lowest BCUT2D eigenvalue weighted by molar-refractivity contribution is -0.0730. The molecule has 0 aromatic heterocycles. The van der Waals surface area contributed by atoms with E-state index in [4.69, 9.17) is 14.6 Å². The zero-order valence-electron chi connectivity index (χ0n) is 13.0. The summed E-state index contributed by atoms with van der Waals surface area (Å²) in [4.78, 5) is 0. The highest BCUT2D eigenvalue weighted by molar-refractivity contribution is 4.88. The molecule has 0 amide bonds. The predicted molar refractivity (Wildman–Crippen MR) is 81.1 cm³/mol. The van der Waals surface area contributed by atoms with Gasteiger partial charge in [-0.2, -0.15) is 0 Å². The summed E-state index contributed by atoms with van der Waals surface area (Å²) < 4.78 is 10.9. The van der Waals surface area contributed by atoms with Crippen LogP contribution in [0.2, 0.25) is 0 Å². The maximum Gasteiger partial charge on any atom is 0.114 e. The fourth-order valence-corrected chi connectivity index (χ4v) is 2.50. The predicted octanol–water partition coefficient (Wildman–Crippen LogP) is 1.40. The molecular weight excluding hydrogens is 272 g/mol. The molecular formula is C16H30O5. The van der Waals surface area contributed by atoms with Crippen LogP contribution < -0.4 is 0 Å². The van der Waals surface area contributed by atoms with Crippen LogP contribution >= 0.6 is 0 Å². The van der Waals surface area contributed by atoms with Gasteiger partial charge in [0.1, 0.15) is 24.4 Å². The van der Waals surface area contributed by atoms with Gasteiger partial charge in [-0.3, -0.25) is 0 Å². The second kappa shape index (κ2) is 11.2. The molecule has 5 heteroatoms. The first-order valence-electron chi connectivity index (χ1n) is 8.02. The van der Waals surface area contributed by atoms with E-state index in [0.717, 1.165) is 19.3 Å². The Bertz CT molecular complexity index is 282. The lowest BCUT2D eigenvalue weighted by Crippen LogP contribution is -2.41. The summed E-state index contributed by atoms with van der Waals surface area (Å²) in [5, 5.41) is 28.3. The number of hydrogen-bond donors (Lipinski definition) is 3. The molecule has 0 aromatic rings. The van der Waals surface area contributed by atoms with Gasteiger partial charge in [0.15, 0.2) is 0 Å². The average molecular weight is 302 g/mol. The van der Waals surface area contributed by atoms with E-state index in [1.54, 1.807) is 0 Å². The molecule has 21 heavy (non-hydrogen) atoms. The van der Waals surface area contributed by atoms with Crippen LogP contribution in [0.25, 0.3) is 0 Å². The van der Waals surface area contributed by atoms with Gasteiger partial charge in [0.25, 0.3) is 0 Å². The lowest BCUT2D eigenvalue weighted by atomic mass is 10.1. The topological polar surface area (TPSA) is 79.2 Å². The molecule has 0 spiro atoms. The van der Waals surface area contributed by atoms with Crippen LogP contribution in [0.3, 0.4) is 0 Å². The quantitative estimate of drug-likeness (QED) is 0.397. The zero-order valence-corrected chi connectivity index (χ0v) is 13.0. The van der Waals surface area contributed by atoms with Crippen molar-refractivity contribution >= 4 is 0 Å². The van der Waals surface area contributed by atoms with Crippen molar-refractivity contribution in [1.82, 2.24) is 0 Å². The minimum absolute atomic E-state index is 0.270. The van der Waals surface area contributed by atoms with Crippen molar-refractivity contribution in [2.45, 2.75) is 69.9 Å². The molecule has 1 rings (SSSR count). The molecule has 4 atom stereocenters. The van der Waals surface area contributed by atoms with Gasteiger partial charge in [0, 0.05) is 6.61 Å². The van der Waals surface area contributed by atoms with E-state index < -0.39 is 31.0 Å². The van der Waals surface area contributed by atoms with Crippen molar-refractivity contribution < 1.29 is 24.8 Å². The van der Waals surface area contributed by atoms with E-state index in [2.05, 4.69) is 12.2 Å². The third kappa shape index (κ3) is 6.89. The van der Waals surface area contributed by atoms with Crippen LogP contribution in [0.1, 0.15) is 45.4 Å². The van der Waals surface area contributed by atoms with Gasteiger partial charge in [0.2, 0.25) is 0 Å². The number of aliphatic hydroxyl groups excluding tert-OH is 3. The van der Waals surface area contributed by atoms with Gasteiger partial charge in [-0.25, -0.2) is 0 Å². The van der Waals surface area contributed by atoms with Crippen molar-refractivity contribution in [3.63, 3.8) is 0 Å². The molecule has 0 bridgehead atoms. The van der Waals surface area contributed by atoms with E-state index >= 15 is 0 Å². The molecule has 1 fully saturated rings. The lowest BCUT2D eigenvalue weighted by Gasteiger charge is -2.20. The Morgan fingerprint density at radius 1 is 1.24 bits per heavy atom.